The van der Waals surface area contributed by atoms with Crippen LogP contribution in [0.4, 0.5) is 0 Å². The van der Waals surface area contributed by atoms with Gasteiger partial charge >= 0.3 is 0 Å². The van der Waals surface area contributed by atoms with Crippen LogP contribution in [0.1, 0.15) is 30.1 Å². The average Bonchev–Trinajstić information content (AvgIpc) is 2.45. The summed E-state index contributed by atoms with van der Waals surface area (Å²) in [4.78, 5) is 17.1. The number of pyridine rings is 1. The van der Waals surface area contributed by atoms with Crippen molar-refractivity contribution in [3.63, 3.8) is 0 Å². The molecule has 5 heteroatoms. The maximum Gasteiger partial charge on any atom is 0.252 e. The lowest BCUT2D eigenvalue weighted by atomic mass is 10.1. The molecule has 0 bridgehead atoms. The quantitative estimate of drug-likeness (QED) is 0.829. The molecule has 0 saturated carbocycles. The Morgan fingerprint density at radius 1 is 1.40 bits per heavy atom. The van der Waals surface area contributed by atoms with Gasteiger partial charge in [-0.3, -0.25) is 9.78 Å². The number of nitrogens with one attached hydrogen (secondary N) is 1. The third-order valence-corrected chi connectivity index (χ3v) is 3.33. The minimum Gasteiger partial charge on any atom is -0.393 e. The predicted molar refractivity (Wildman–Crippen MR) is 84.7 cm³/mol. The fraction of sp³-hybridized carbons (Fsp3) is 0.267. The van der Waals surface area contributed by atoms with Gasteiger partial charge in [0.05, 0.1) is 10.5 Å². The smallest absolute Gasteiger partial charge is 0.252 e. The summed E-state index contributed by atoms with van der Waals surface area (Å²) < 4.78 is 0. The second-order valence-corrected chi connectivity index (χ2v) is 5.15. The van der Waals surface area contributed by atoms with Crippen molar-refractivity contribution in [2.24, 2.45) is 5.73 Å². The molecule has 0 fully saturated rings. The van der Waals surface area contributed by atoms with Crippen LogP contribution in [-0.4, -0.2) is 21.9 Å². The molecule has 20 heavy (non-hydrogen) atoms. The first-order valence-electron chi connectivity index (χ1n) is 6.54. The summed E-state index contributed by atoms with van der Waals surface area (Å²) in [6.45, 7) is 1.99. The van der Waals surface area contributed by atoms with E-state index in [9.17, 15) is 4.79 Å². The first kappa shape index (κ1) is 14.4. The topological polar surface area (TPSA) is 68.0 Å². The summed E-state index contributed by atoms with van der Waals surface area (Å²) in [5, 5.41) is 3.82. The molecule has 0 aliphatic rings. The molecule has 3 N–H and O–H groups in total. The molecule has 0 radical (unpaired) electrons. The van der Waals surface area contributed by atoms with Gasteiger partial charge in [0.15, 0.2) is 0 Å². The van der Waals surface area contributed by atoms with Crippen molar-refractivity contribution in [1.29, 1.82) is 0 Å². The standard InChI is InChI=1S/C15H17N3OS/c1-2-10(9-14(16)20)18-15(19)12-5-3-7-13-11(12)6-4-8-17-13/h3-8,10H,2,9H2,1H3,(H2,16,20)(H,18,19). The number of hydrogen-bond acceptors (Lipinski definition) is 3. The number of benzene rings is 1. The highest BCUT2D eigenvalue weighted by Crippen LogP contribution is 2.16. The van der Waals surface area contributed by atoms with E-state index in [4.69, 9.17) is 18.0 Å². The average molecular weight is 287 g/mol. The SMILES string of the molecule is CCC(CC(N)=S)NC(=O)c1cccc2ncccc12. The minimum absolute atomic E-state index is 0.0353. The third-order valence-electron chi connectivity index (χ3n) is 3.17. The van der Waals surface area contributed by atoms with Crippen LogP contribution in [-0.2, 0) is 0 Å². The normalized spacial score (nSPS) is 12.1. The third kappa shape index (κ3) is 3.30. The molecule has 1 heterocycles. The maximum absolute atomic E-state index is 12.4. The molecule has 0 spiro atoms. The highest BCUT2D eigenvalue weighted by Gasteiger charge is 2.15. The van der Waals surface area contributed by atoms with Crippen LogP contribution in [0.5, 0.6) is 0 Å². The molecule has 0 aliphatic heterocycles. The van der Waals surface area contributed by atoms with Gasteiger partial charge in [-0.05, 0) is 24.6 Å². The number of thiocarbonyl (C=S) groups is 1. The van der Waals surface area contributed by atoms with E-state index in [-0.39, 0.29) is 11.9 Å². The van der Waals surface area contributed by atoms with Gasteiger partial charge in [0.25, 0.3) is 5.91 Å². The molecule has 2 aromatic rings. The first-order valence-corrected chi connectivity index (χ1v) is 6.95. The summed E-state index contributed by atoms with van der Waals surface area (Å²) in [5.74, 6) is -0.119. The van der Waals surface area contributed by atoms with E-state index >= 15 is 0 Å². The highest BCUT2D eigenvalue weighted by atomic mass is 32.1. The summed E-state index contributed by atoms with van der Waals surface area (Å²) in [7, 11) is 0. The number of nitrogens with zero attached hydrogens (tertiary/aromatic N) is 1. The highest BCUT2D eigenvalue weighted by molar-refractivity contribution is 7.80. The van der Waals surface area contributed by atoms with E-state index in [1.807, 2.05) is 31.2 Å². The van der Waals surface area contributed by atoms with E-state index in [2.05, 4.69) is 10.3 Å². The Morgan fingerprint density at radius 3 is 2.90 bits per heavy atom. The fourth-order valence-electron chi connectivity index (χ4n) is 2.10. The zero-order chi connectivity index (χ0) is 14.5. The van der Waals surface area contributed by atoms with Crippen molar-refractivity contribution in [3.05, 3.63) is 42.1 Å². The molecular weight excluding hydrogens is 270 g/mol. The minimum atomic E-state index is -0.119. The molecule has 0 saturated heterocycles. The lowest BCUT2D eigenvalue weighted by Gasteiger charge is -2.16. The molecule has 2 rings (SSSR count). The lowest BCUT2D eigenvalue weighted by molar-refractivity contribution is 0.0939. The van der Waals surface area contributed by atoms with Gasteiger partial charge in [-0.15, -0.1) is 0 Å². The van der Waals surface area contributed by atoms with E-state index in [1.165, 1.54) is 0 Å². The zero-order valence-corrected chi connectivity index (χ0v) is 12.1. The molecule has 104 valence electrons. The lowest BCUT2D eigenvalue weighted by Crippen LogP contribution is -2.37. The van der Waals surface area contributed by atoms with E-state index in [0.29, 0.717) is 17.0 Å². The Balaban J connectivity index is 2.25. The monoisotopic (exact) mass is 287 g/mol. The van der Waals surface area contributed by atoms with Crippen LogP contribution in [0.2, 0.25) is 0 Å². The van der Waals surface area contributed by atoms with Crippen molar-refractivity contribution in [1.82, 2.24) is 10.3 Å². The van der Waals surface area contributed by atoms with Gasteiger partial charge in [0.2, 0.25) is 0 Å². The Kier molecular flexibility index (Phi) is 4.63. The second kappa shape index (κ2) is 6.43. The largest absolute Gasteiger partial charge is 0.393 e. The molecule has 0 aliphatic carbocycles. The molecule has 1 aromatic heterocycles. The van der Waals surface area contributed by atoms with Crippen LogP contribution in [0.3, 0.4) is 0 Å². The van der Waals surface area contributed by atoms with Crippen molar-refractivity contribution < 1.29 is 4.79 Å². The van der Waals surface area contributed by atoms with E-state index in [0.717, 1.165) is 17.3 Å². The fourth-order valence-corrected chi connectivity index (χ4v) is 2.31. The Hall–Kier alpha value is -2.01. The number of carbonyl (C=O) groups excluding carboxylic acids is 1. The van der Waals surface area contributed by atoms with Crippen LogP contribution in [0.25, 0.3) is 10.9 Å². The second-order valence-electron chi connectivity index (χ2n) is 4.62. The van der Waals surface area contributed by atoms with Gasteiger partial charge in [0, 0.05) is 29.6 Å². The van der Waals surface area contributed by atoms with Crippen molar-refractivity contribution in [3.8, 4) is 0 Å². The number of fused-ring (bicyclic) bond motifs is 1. The molecule has 1 aromatic carbocycles. The maximum atomic E-state index is 12.4. The number of nitrogens with two attached hydrogens (primary N) is 1. The Morgan fingerprint density at radius 2 is 2.20 bits per heavy atom. The van der Waals surface area contributed by atoms with Crippen molar-refractivity contribution >= 4 is 34.0 Å². The molecule has 4 nitrogen and oxygen atoms in total. The molecule has 1 atom stereocenters. The van der Waals surface area contributed by atoms with Crippen LogP contribution in [0.15, 0.2) is 36.5 Å². The molecule has 1 amide bonds. The van der Waals surface area contributed by atoms with Crippen LogP contribution < -0.4 is 11.1 Å². The Labute approximate surface area is 123 Å². The molecule has 1 unspecified atom stereocenters. The van der Waals surface area contributed by atoms with Gasteiger partial charge in [0.1, 0.15) is 0 Å². The van der Waals surface area contributed by atoms with Crippen molar-refractivity contribution in [2.75, 3.05) is 0 Å². The number of amides is 1. The van der Waals surface area contributed by atoms with E-state index < -0.39 is 0 Å². The van der Waals surface area contributed by atoms with Gasteiger partial charge in [-0.25, -0.2) is 0 Å². The summed E-state index contributed by atoms with van der Waals surface area (Å²) in [5.41, 5.74) is 6.97. The van der Waals surface area contributed by atoms with Crippen LogP contribution >= 0.6 is 12.2 Å². The van der Waals surface area contributed by atoms with Crippen LogP contribution in [0, 0.1) is 0 Å². The van der Waals surface area contributed by atoms with Gasteiger partial charge in [-0.1, -0.05) is 31.3 Å². The van der Waals surface area contributed by atoms with Gasteiger partial charge in [-0.2, -0.15) is 0 Å². The summed E-state index contributed by atoms with van der Waals surface area (Å²) in [6.07, 6.45) is 3.01. The number of aromatic nitrogens is 1. The number of carbonyl (C=O) groups is 1. The molecular formula is C15H17N3OS. The van der Waals surface area contributed by atoms with E-state index in [1.54, 1.807) is 12.3 Å². The van der Waals surface area contributed by atoms with Crippen molar-refractivity contribution in [2.45, 2.75) is 25.8 Å². The summed E-state index contributed by atoms with van der Waals surface area (Å²) in [6, 6.07) is 9.20. The number of rotatable bonds is 5. The van der Waals surface area contributed by atoms with Gasteiger partial charge < -0.3 is 11.1 Å². The Bertz CT molecular complexity index is 637. The summed E-state index contributed by atoms with van der Waals surface area (Å²) >= 11 is 4.90. The first-order chi connectivity index (χ1) is 9.61. The predicted octanol–water partition coefficient (Wildman–Crippen LogP) is 2.42. The zero-order valence-electron chi connectivity index (χ0n) is 11.3. The number of hydrogen-bond donors (Lipinski definition) is 2.